The standard InChI is InChI=1S/C24H29F3N4O3/c1-15-11-18(13-19(28-15)12-16(2)32)17(3)29-23(33)20-7-8-21(34-14-24(25,26)27)30-22(20)31-9-5-4-6-10-31/h7-8,11,13,17H,4-6,9-10,12,14H2,1-3H3,(H,29,33). The zero-order chi connectivity index (χ0) is 24.9. The summed E-state index contributed by atoms with van der Waals surface area (Å²) in [6.07, 6.45) is -1.42. The molecule has 34 heavy (non-hydrogen) atoms. The van der Waals surface area contributed by atoms with E-state index in [1.54, 1.807) is 6.07 Å². The van der Waals surface area contributed by atoms with E-state index in [0.29, 0.717) is 24.6 Å². The molecule has 1 N–H and O–H groups in total. The van der Waals surface area contributed by atoms with E-state index in [0.717, 1.165) is 30.5 Å². The lowest BCUT2D eigenvalue weighted by Gasteiger charge is -2.29. The van der Waals surface area contributed by atoms with Gasteiger partial charge in [-0.25, -0.2) is 0 Å². The molecule has 1 saturated heterocycles. The molecule has 184 valence electrons. The number of carbonyl (C=O) groups is 2. The highest BCUT2D eigenvalue weighted by Gasteiger charge is 2.29. The smallest absolute Gasteiger partial charge is 0.422 e. The minimum Gasteiger partial charge on any atom is -0.468 e. The lowest BCUT2D eigenvalue weighted by Crippen LogP contribution is -2.34. The second kappa shape index (κ2) is 10.8. The van der Waals surface area contributed by atoms with Gasteiger partial charge in [0, 0.05) is 37.0 Å². The Morgan fingerprint density at radius 2 is 1.85 bits per heavy atom. The Kier molecular flexibility index (Phi) is 8.11. The molecule has 0 saturated carbocycles. The van der Waals surface area contributed by atoms with Crippen LogP contribution in [0.4, 0.5) is 19.0 Å². The van der Waals surface area contributed by atoms with Gasteiger partial charge in [-0.3, -0.25) is 14.6 Å². The molecule has 0 bridgehead atoms. The third-order valence-electron chi connectivity index (χ3n) is 5.44. The van der Waals surface area contributed by atoms with Crippen LogP contribution >= 0.6 is 0 Å². The maximum Gasteiger partial charge on any atom is 0.422 e. The number of ketones is 1. The molecule has 7 nitrogen and oxygen atoms in total. The topological polar surface area (TPSA) is 84.4 Å². The summed E-state index contributed by atoms with van der Waals surface area (Å²) in [5, 5.41) is 2.94. The summed E-state index contributed by atoms with van der Waals surface area (Å²) in [5.41, 5.74) is 2.43. The van der Waals surface area contributed by atoms with Crippen LogP contribution in [0, 0.1) is 6.92 Å². The number of nitrogens with one attached hydrogen (secondary N) is 1. The molecule has 1 aliphatic rings. The van der Waals surface area contributed by atoms with Crippen LogP contribution in [0.1, 0.15) is 66.5 Å². The average molecular weight is 479 g/mol. The van der Waals surface area contributed by atoms with E-state index in [9.17, 15) is 22.8 Å². The molecule has 0 aromatic carbocycles. The van der Waals surface area contributed by atoms with Crippen molar-refractivity contribution in [3.05, 3.63) is 46.8 Å². The number of aryl methyl sites for hydroxylation is 1. The number of rotatable bonds is 8. The molecule has 0 spiro atoms. The molecule has 1 amide bonds. The van der Waals surface area contributed by atoms with E-state index in [4.69, 9.17) is 4.74 Å². The Balaban J connectivity index is 1.83. The lowest BCUT2D eigenvalue weighted by atomic mass is 10.0. The largest absolute Gasteiger partial charge is 0.468 e. The van der Waals surface area contributed by atoms with Crippen LogP contribution in [0.3, 0.4) is 0 Å². The Labute approximate surface area is 196 Å². The van der Waals surface area contributed by atoms with Gasteiger partial charge in [-0.15, -0.1) is 0 Å². The molecular weight excluding hydrogens is 449 g/mol. The quantitative estimate of drug-likeness (QED) is 0.608. The first-order valence-electron chi connectivity index (χ1n) is 11.2. The van der Waals surface area contributed by atoms with Crippen LogP contribution in [0.15, 0.2) is 24.3 Å². The van der Waals surface area contributed by atoms with Gasteiger partial charge >= 0.3 is 6.18 Å². The van der Waals surface area contributed by atoms with Gasteiger partial charge in [-0.05, 0) is 63.8 Å². The number of anilines is 1. The molecule has 0 radical (unpaired) electrons. The van der Waals surface area contributed by atoms with Gasteiger partial charge in [0.2, 0.25) is 5.88 Å². The van der Waals surface area contributed by atoms with Crippen LogP contribution in [0.25, 0.3) is 0 Å². The minimum atomic E-state index is -4.48. The summed E-state index contributed by atoms with van der Waals surface area (Å²) < 4.78 is 42.6. The van der Waals surface area contributed by atoms with Crippen molar-refractivity contribution in [2.45, 2.75) is 58.7 Å². The third kappa shape index (κ3) is 7.16. The fourth-order valence-corrected chi connectivity index (χ4v) is 3.91. The fourth-order valence-electron chi connectivity index (χ4n) is 3.91. The highest BCUT2D eigenvalue weighted by molar-refractivity contribution is 5.99. The third-order valence-corrected chi connectivity index (χ3v) is 5.44. The van der Waals surface area contributed by atoms with Gasteiger partial charge in [0.1, 0.15) is 11.6 Å². The normalized spacial score (nSPS) is 15.1. The van der Waals surface area contributed by atoms with Crippen molar-refractivity contribution in [2.24, 2.45) is 0 Å². The summed E-state index contributed by atoms with van der Waals surface area (Å²) in [5.74, 6) is -0.273. The van der Waals surface area contributed by atoms with Crippen LogP contribution in [-0.2, 0) is 11.2 Å². The number of pyridine rings is 2. The first-order valence-corrected chi connectivity index (χ1v) is 11.2. The van der Waals surface area contributed by atoms with Crippen molar-refractivity contribution < 1.29 is 27.5 Å². The molecule has 1 atom stereocenters. The van der Waals surface area contributed by atoms with Crippen molar-refractivity contribution in [2.75, 3.05) is 24.6 Å². The highest BCUT2D eigenvalue weighted by Crippen LogP contribution is 2.27. The van der Waals surface area contributed by atoms with Crippen molar-refractivity contribution in [1.29, 1.82) is 0 Å². The fraction of sp³-hybridized carbons (Fsp3) is 0.500. The Hall–Kier alpha value is -3.17. The Morgan fingerprint density at radius 3 is 2.50 bits per heavy atom. The maximum absolute atomic E-state index is 13.2. The molecule has 2 aromatic heterocycles. The number of nitrogens with zero attached hydrogens (tertiary/aromatic N) is 3. The lowest BCUT2D eigenvalue weighted by molar-refractivity contribution is -0.154. The molecule has 3 rings (SSSR count). The summed E-state index contributed by atoms with van der Waals surface area (Å²) in [6, 6.07) is 5.96. The average Bonchev–Trinajstić information content (AvgIpc) is 2.76. The Bertz CT molecular complexity index is 1040. The maximum atomic E-state index is 13.2. The molecule has 0 aliphatic carbocycles. The van der Waals surface area contributed by atoms with Crippen molar-refractivity contribution in [3.63, 3.8) is 0 Å². The number of hydrogen-bond donors (Lipinski definition) is 1. The number of hydrogen-bond acceptors (Lipinski definition) is 6. The first kappa shape index (κ1) is 25.5. The van der Waals surface area contributed by atoms with E-state index < -0.39 is 24.7 Å². The van der Waals surface area contributed by atoms with Crippen LogP contribution < -0.4 is 15.0 Å². The van der Waals surface area contributed by atoms with E-state index in [1.807, 2.05) is 24.8 Å². The van der Waals surface area contributed by atoms with E-state index in [2.05, 4.69) is 15.3 Å². The van der Waals surface area contributed by atoms with E-state index >= 15 is 0 Å². The highest BCUT2D eigenvalue weighted by atomic mass is 19.4. The van der Waals surface area contributed by atoms with Crippen LogP contribution in [0.2, 0.25) is 0 Å². The zero-order valence-electron chi connectivity index (χ0n) is 19.5. The molecule has 1 unspecified atom stereocenters. The monoisotopic (exact) mass is 478 g/mol. The predicted octanol–water partition coefficient (Wildman–Crippen LogP) is 4.34. The number of carbonyl (C=O) groups excluding carboxylic acids is 2. The summed E-state index contributed by atoms with van der Waals surface area (Å²) in [7, 11) is 0. The molecule has 1 aliphatic heterocycles. The number of Topliss-reactive ketones (excluding diaryl/α,β-unsaturated/α-hetero) is 1. The van der Waals surface area contributed by atoms with Gasteiger partial charge in [0.15, 0.2) is 6.61 Å². The zero-order valence-corrected chi connectivity index (χ0v) is 19.5. The number of aromatic nitrogens is 2. The summed E-state index contributed by atoms with van der Waals surface area (Å²) in [4.78, 5) is 35.2. The summed E-state index contributed by atoms with van der Waals surface area (Å²) in [6.45, 7) is 4.99. The number of alkyl halides is 3. The van der Waals surface area contributed by atoms with Gasteiger partial charge < -0.3 is 15.0 Å². The number of amides is 1. The van der Waals surface area contributed by atoms with Gasteiger partial charge in [0.05, 0.1) is 11.6 Å². The first-order chi connectivity index (χ1) is 16.0. The van der Waals surface area contributed by atoms with Gasteiger partial charge in [-0.2, -0.15) is 18.2 Å². The van der Waals surface area contributed by atoms with Crippen molar-refractivity contribution in [1.82, 2.24) is 15.3 Å². The van der Waals surface area contributed by atoms with Crippen LogP contribution in [-0.4, -0.2) is 47.5 Å². The predicted molar refractivity (Wildman–Crippen MR) is 121 cm³/mol. The minimum absolute atomic E-state index is 0.00850. The molecule has 10 heteroatoms. The molecular formula is C24H29F3N4O3. The van der Waals surface area contributed by atoms with Gasteiger partial charge in [0.25, 0.3) is 5.91 Å². The molecule has 3 heterocycles. The second-order valence-corrected chi connectivity index (χ2v) is 8.58. The number of piperidine rings is 1. The van der Waals surface area contributed by atoms with Crippen molar-refractivity contribution >= 4 is 17.5 Å². The number of ether oxygens (including phenoxy) is 1. The second-order valence-electron chi connectivity index (χ2n) is 8.58. The summed E-state index contributed by atoms with van der Waals surface area (Å²) >= 11 is 0. The van der Waals surface area contributed by atoms with Crippen molar-refractivity contribution in [3.8, 4) is 5.88 Å². The van der Waals surface area contributed by atoms with Crippen LogP contribution in [0.5, 0.6) is 5.88 Å². The van der Waals surface area contributed by atoms with E-state index in [-0.39, 0.29) is 23.6 Å². The molecule has 2 aromatic rings. The van der Waals surface area contributed by atoms with Gasteiger partial charge in [-0.1, -0.05) is 0 Å². The SMILES string of the molecule is CC(=O)Cc1cc(C(C)NC(=O)c2ccc(OCC(F)(F)F)nc2N2CCCCC2)cc(C)n1. The Morgan fingerprint density at radius 1 is 1.15 bits per heavy atom. The number of halogens is 3. The molecule has 1 fully saturated rings. The van der Waals surface area contributed by atoms with E-state index in [1.165, 1.54) is 19.1 Å².